The molecule has 56 valence electrons. The molecular weight excluding hydrogens is 112 g/mol. The van der Waals surface area contributed by atoms with Gasteiger partial charge in [0.15, 0.2) is 6.10 Å². The van der Waals surface area contributed by atoms with E-state index in [0.29, 0.717) is 6.10 Å². The Bertz CT molecular complexity index is 55.6. The van der Waals surface area contributed by atoms with Crippen LogP contribution in [-0.4, -0.2) is 18.0 Å². The number of aliphatic hydroxyl groups is 2. The van der Waals surface area contributed by atoms with Gasteiger partial charge in [-0.1, -0.05) is 13.8 Å². The highest BCUT2D eigenvalue weighted by molar-refractivity contribution is 4.62. The third kappa shape index (κ3) is 2.85. The summed E-state index contributed by atoms with van der Waals surface area (Å²) in [6.07, 6.45) is 7.65. The van der Waals surface area contributed by atoms with Crippen LogP contribution in [0.15, 0.2) is 0 Å². The van der Waals surface area contributed by atoms with E-state index in [1.165, 1.54) is 32.1 Å². The van der Waals surface area contributed by atoms with Crippen LogP contribution < -0.4 is 0 Å². The first-order valence-corrected chi connectivity index (χ1v) is 3.52. The molecule has 0 bridgehead atoms. The predicted molar refractivity (Wildman–Crippen MR) is 41.7 cm³/mol. The summed E-state index contributed by atoms with van der Waals surface area (Å²) in [4.78, 5) is 0. The molecule has 0 amide bonds. The zero-order valence-electron chi connectivity index (χ0n) is 5.56. The molecule has 0 radical (unpaired) electrons. The van der Waals surface area contributed by atoms with Crippen LogP contribution in [0.4, 0.5) is 0 Å². The van der Waals surface area contributed by atoms with Gasteiger partial charge in [0.05, 0.1) is 0 Å². The molecule has 1 nitrogen and oxygen atoms in total. The van der Waals surface area contributed by atoms with Crippen molar-refractivity contribution < 1.29 is 4.74 Å². The van der Waals surface area contributed by atoms with Crippen molar-refractivity contribution in [1.29, 1.82) is 0 Å². The second-order valence-corrected chi connectivity index (χ2v) is 2.55. The van der Waals surface area contributed by atoms with Crippen molar-refractivity contribution in [2.24, 2.45) is 0 Å². The Morgan fingerprint density at radius 3 is 2.00 bits per heavy atom. The molecule has 0 atom stereocenters. The molecule has 9 heavy (non-hydrogen) atoms. The molecule has 1 heteroatoms. The fourth-order valence-electron chi connectivity index (χ4n) is 1.34. The van der Waals surface area contributed by atoms with Gasteiger partial charge in [0, 0.05) is 12.8 Å². The van der Waals surface area contributed by atoms with E-state index in [4.69, 9.17) is 0 Å². The summed E-state index contributed by atoms with van der Waals surface area (Å²) in [7, 11) is 1.94. The Hall–Kier alpha value is -0.0400. The van der Waals surface area contributed by atoms with Crippen molar-refractivity contribution in [3.8, 4) is 0 Å². The van der Waals surface area contributed by atoms with Gasteiger partial charge in [-0.3, -0.25) is 0 Å². The van der Waals surface area contributed by atoms with Gasteiger partial charge < -0.3 is 4.74 Å². The molecule has 0 aromatic carbocycles. The zero-order valence-corrected chi connectivity index (χ0v) is 5.56. The molecule has 0 aliphatic heterocycles. The molecule has 1 fully saturated rings. The summed E-state index contributed by atoms with van der Waals surface area (Å²) in [6.45, 7) is 0. The van der Waals surface area contributed by atoms with Crippen LogP contribution >= 0.6 is 0 Å². The quantitative estimate of drug-likeness (QED) is 0.483. The molecule has 1 rings (SSSR count). The van der Waals surface area contributed by atoms with E-state index in [0.717, 1.165) is 0 Å². The largest absolute Gasteiger partial charge is 0.434 e. The molecular formula is C8H19O+. The number of hydrogen-bond acceptors (Lipinski definition) is 0. The van der Waals surface area contributed by atoms with Crippen LogP contribution in [-0.2, 0) is 0 Å². The molecule has 1 aliphatic carbocycles. The highest BCUT2D eigenvalue weighted by atomic mass is 16.5. The molecule has 0 aromatic rings. The fraction of sp³-hybridized carbons (Fsp3) is 1.00. The highest BCUT2D eigenvalue weighted by Crippen LogP contribution is 2.17. The monoisotopic (exact) mass is 131 g/mol. The zero-order chi connectivity index (χ0) is 5.82. The predicted octanol–water partition coefficient (Wildman–Crippen LogP) is 2.11. The van der Waals surface area contributed by atoms with Crippen LogP contribution in [0.5, 0.6) is 0 Å². The van der Waals surface area contributed by atoms with Crippen LogP contribution in [0.3, 0.4) is 0 Å². The third-order valence-corrected chi connectivity index (χ3v) is 1.94. The highest BCUT2D eigenvalue weighted by Gasteiger charge is 2.14. The average molecular weight is 131 g/mol. The van der Waals surface area contributed by atoms with Gasteiger partial charge in [-0.2, -0.15) is 0 Å². The lowest BCUT2D eigenvalue weighted by Gasteiger charge is -2.15. The number of hydrogen-bond donors (Lipinski definition) is 0. The summed E-state index contributed by atoms with van der Waals surface area (Å²) < 4.78 is 4.25. The molecule has 1 aliphatic rings. The van der Waals surface area contributed by atoms with Crippen molar-refractivity contribution in [1.82, 2.24) is 0 Å². The molecule has 0 spiro atoms. The Balaban J connectivity index is 0.000000640. The lowest BCUT2D eigenvalue weighted by molar-refractivity contribution is -0.0773. The molecule has 0 saturated heterocycles. The first-order valence-electron chi connectivity index (χ1n) is 3.52. The molecule has 0 heterocycles. The Kier molecular flexibility index (Phi) is 4.78. The number of ether oxygens (including phenoxy) is 1. The minimum Gasteiger partial charge on any atom is -0.434 e. The molecule has 1 saturated carbocycles. The van der Waals surface area contributed by atoms with Crippen molar-refractivity contribution in [3.63, 3.8) is 0 Å². The van der Waals surface area contributed by atoms with E-state index in [9.17, 15) is 0 Å². The maximum absolute atomic E-state index is 4.25. The topological polar surface area (TPSA) is 12.8 Å². The van der Waals surface area contributed by atoms with Crippen molar-refractivity contribution in [2.75, 3.05) is 7.11 Å². The smallest absolute Gasteiger partial charge is 0.154 e. The molecule has 0 aromatic heterocycles. The minimum atomic E-state index is 0. The molecule has 0 unspecified atom stereocenters. The lowest BCUT2D eigenvalue weighted by Crippen LogP contribution is -2.17. The van der Waals surface area contributed by atoms with Gasteiger partial charge in [-0.25, -0.2) is 0 Å². The second kappa shape index (κ2) is 4.80. The summed E-state index contributed by atoms with van der Waals surface area (Å²) >= 11 is 0. The fourth-order valence-corrected chi connectivity index (χ4v) is 1.34. The van der Waals surface area contributed by atoms with E-state index in [1.54, 1.807) is 0 Å². The van der Waals surface area contributed by atoms with E-state index in [-0.39, 0.29) is 7.43 Å². The van der Waals surface area contributed by atoms with Gasteiger partial charge in [-0.15, -0.1) is 0 Å². The van der Waals surface area contributed by atoms with Crippen LogP contribution in [0, 0.1) is 0 Å². The second-order valence-electron chi connectivity index (χ2n) is 2.55. The van der Waals surface area contributed by atoms with E-state index in [2.05, 4.69) is 4.74 Å². The lowest BCUT2D eigenvalue weighted by atomic mass is 9.98. The minimum absolute atomic E-state index is 0. The van der Waals surface area contributed by atoms with Gasteiger partial charge in [0.25, 0.3) is 0 Å². The maximum atomic E-state index is 4.25. The van der Waals surface area contributed by atoms with Crippen LogP contribution in [0.1, 0.15) is 39.5 Å². The first-order chi connectivity index (χ1) is 3.93. The van der Waals surface area contributed by atoms with Crippen LogP contribution in [0.25, 0.3) is 0 Å². The van der Waals surface area contributed by atoms with Crippen molar-refractivity contribution in [3.05, 3.63) is 0 Å². The normalized spacial score (nSPS) is 21.0. The molecule has 1 N–H and O–H groups in total. The third-order valence-electron chi connectivity index (χ3n) is 1.94. The average Bonchev–Trinajstić information content (AvgIpc) is 1.90. The van der Waals surface area contributed by atoms with E-state index < -0.39 is 0 Å². The van der Waals surface area contributed by atoms with Crippen molar-refractivity contribution in [2.45, 2.75) is 45.6 Å². The number of rotatable bonds is 1. The first kappa shape index (κ1) is 8.96. The summed E-state index contributed by atoms with van der Waals surface area (Å²) in [5.74, 6) is 0. The van der Waals surface area contributed by atoms with Gasteiger partial charge in [0.2, 0.25) is 0 Å². The summed E-state index contributed by atoms with van der Waals surface area (Å²) in [6, 6.07) is 0. The SMILES string of the molecule is C.C[OH+]C1CCCCC1. The van der Waals surface area contributed by atoms with Gasteiger partial charge in [0.1, 0.15) is 7.11 Å². The van der Waals surface area contributed by atoms with Gasteiger partial charge in [-0.05, 0) is 12.8 Å². The summed E-state index contributed by atoms with van der Waals surface area (Å²) in [5, 5.41) is 0. The Morgan fingerprint density at radius 1 is 1.11 bits per heavy atom. The van der Waals surface area contributed by atoms with E-state index in [1.807, 2.05) is 7.11 Å². The van der Waals surface area contributed by atoms with Crippen LogP contribution in [0.2, 0.25) is 0 Å². The summed E-state index contributed by atoms with van der Waals surface area (Å²) in [5.41, 5.74) is 0. The Labute approximate surface area is 58.4 Å². The van der Waals surface area contributed by atoms with E-state index >= 15 is 0 Å². The van der Waals surface area contributed by atoms with Gasteiger partial charge >= 0.3 is 0 Å². The Morgan fingerprint density at radius 2 is 1.67 bits per heavy atom. The maximum Gasteiger partial charge on any atom is 0.154 e. The van der Waals surface area contributed by atoms with Crippen molar-refractivity contribution >= 4 is 0 Å². The standard InChI is InChI=1S/C7H14O.CH4/c1-8-7-5-3-2-4-6-7;/h7H,2-6H2,1H3;1H4/p+1.